The van der Waals surface area contributed by atoms with Gasteiger partial charge >= 0.3 is 5.97 Å². The zero-order valence-corrected chi connectivity index (χ0v) is 25.7. The van der Waals surface area contributed by atoms with Crippen LogP contribution in [0.15, 0.2) is 48.5 Å². The molecule has 0 aromatic heterocycles. The fourth-order valence-corrected chi connectivity index (χ4v) is 6.78. The van der Waals surface area contributed by atoms with Gasteiger partial charge in [-0.15, -0.1) is 12.4 Å². The van der Waals surface area contributed by atoms with E-state index in [1.807, 2.05) is 29.2 Å². The van der Waals surface area contributed by atoms with Gasteiger partial charge in [0.25, 0.3) is 0 Å². The highest BCUT2D eigenvalue weighted by Crippen LogP contribution is 2.37. The summed E-state index contributed by atoms with van der Waals surface area (Å²) in [5, 5.41) is 23.4. The second-order valence-electron chi connectivity index (χ2n) is 12.2. The topological polar surface area (TPSA) is 119 Å². The second kappa shape index (κ2) is 14.1. The Hall–Kier alpha value is -3.14. The molecule has 5 rings (SSSR count). The maximum atomic E-state index is 13.8. The smallest absolute Gasteiger partial charge is 0.335 e. The Kier molecular flexibility index (Phi) is 10.7. The van der Waals surface area contributed by atoms with Crippen molar-refractivity contribution in [2.24, 2.45) is 0 Å². The summed E-state index contributed by atoms with van der Waals surface area (Å²) in [7, 11) is 0. The Balaban J connectivity index is 0.00000423. The Bertz CT molecular complexity index is 1270. The van der Waals surface area contributed by atoms with E-state index in [1.165, 1.54) is 12.1 Å². The van der Waals surface area contributed by atoms with Gasteiger partial charge in [0, 0.05) is 32.6 Å². The molecule has 3 aliphatic rings. The van der Waals surface area contributed by atoms with Crippen molar-refractivity contribution in [3.63, 3.8) is 0 Å². The highest BCUT2D eigenvalue weighted by molar-refractivity contribution is 6.00. The van der Waals surface area contributed by atoms with E-state index in [2.05, 4.69) is 17.1 Å². The zero-order chi connectivity index (χ0) is 29.7. The molecule has 2 saturated heterocycles. The molecule has 1 aliphatic carbocycles. The van der Waals surface area contributed by atoms with Crippen molar-refractivity contribution >= 4 is 30.2 Å². The number of likely N-dealkylation sites (tertiary alicyclic amines) is 1. The predicted molar refractivity (Wildman–Crippen MR) is 166 cm³/mol. The van der Waals surface area contributed by atoms with Crippen LogP contribution in [0.2, 0.25) is 0 Å². The number of rotatable bonds is 10. The summed E-state index contributed by atoms with van der Waals surface area (Å²) in [5.41, 5.74) is -0.438. The normalized spacial score (nSPS) is 21.6. The van der Waals surface area contributed by atoms with E-state index in [-0.39, 0.29) is 29.8 Å². The average molecular weight is 614 g/mol. The minimum atomic E-state index is -1.000. The van der Waals surface area contributed by atoms with Crippen LogP contribution in [0.4, 0.5) is 0 Å². The number of aromatic carboxylic acids is 1. The Labute approximate surface area is 260 Å². The largest absolute Gasteiger partial charge is 0.478 e. The summed E-state index contributed by atoms with van der Waals surface area (Å²) in [6, 6.07) is 13.5. The van der Waals surface area contributed by atoms with Gasteiger partial charge in [-0.2, -0.15) is 0 Å². The number of carbonyl (C=O) groups is 3. The fourth-order valence-electron chi connectivity index (χ4n) is 6.78. The van der Waals surface area contributed by atoms with Gasteiger partial charge in [-0.1, -0.05) is 50.8 Å². The van der Waals surface area contributed by atoms with Gasteiger partial charge in [0.15, 0.2) is 0 Å². The van der Waals surface area contributed by atoms with Crippen LogP contribution in [0.3, 0.4) is 0 Å². The monoisotopic (exact) mass is 613 g/mol. The molecule has 1 spiro atoms. The molecule has 3 N–H and O–H groups in total. The summed E-state index contributed by atoms with van der Waals surface area (Å²) in [6.45, 7) is 4.76. The molecule has 43 heavy (non-hydrogen) atoms. The molecule has 0 unspecified atom stereocenters. The first-order valence-electron chi connectivity index (χ1n) is 15.4. The summed E-state index contributed by atoms with van der Waals surface area (Å²) in [4.78, 5) is 42.9. The lowest BCUT2D eigenvalue weighted by molar-refractivity contribution is -0.163. The first-order chi connectivity index (χ1) is 20.2. The summed E-state index contributed by atoms with van der Waals surface area (Å²) >= 11 is 0. The van der Waals surface area contributed by atoms with Crippen molar-refractivity contribution < 1.29 is 29.3 Å². The Morgan fingerprint density at radius 2 is 1.70 bits per heavy atom. The SMILES string of the molecule is CCCCN1C(=O)[C@@H](CC2(O)CCCCC2)NC(=O)C12CCN(Cc1ccc(Oc3cccc(C(=O)O)c3)cc1)CC2.Cl. The number of aliphatic hydroxyl groups is 1. The first kappa shape index (κ1) is 32.8. The lowest BCUT2D eigenvalue weighted by Gasteiger charge is -2.52. The molecule has 3 fully saturated rings. The van der Waals surface area contributed by atoms with Gasteiger partial charge in [-0.25, -0.2) is 4.79 Å². The number of nitrogens with zero attached hydrogens (tertiary/aromatic N) is 2. The van der Waals surface area contributed by atoms with E-state index in [9.17, 15) is 24.6 Å². The maximum absolute atomic E-state index is 13.8. The van der Waals surface area contributed by atoms with Gasteiger partial charge in [-0.3, -0.25) is 14.5 Å². The van der Waals surface area contributed by atoms with E-state index < -0.39 is 23.2 Å². The number of amides is 2. The number of hydrogen-bond donors (Lipinski definition) is 3. The van der Waals surface area contributed by atoms with Crippen LogP contribution >= 0.6 is 12.4 Å². The Morgan fingerprint density at radius 3 is 2.35 bits per heavy atom. The molecular formula is C33H44ClN3O6. The number of carboxylic acids is 1. The highest BCUT2D eigenvalue weighted by Gasteiger charge is 2.54. The third-order valence-corrected chi connectivity index (χ3v) is 9.24. The minimum Gasteiger partial charge on any atom is -0.478 e. The molecule has 2 heterocycles. The summed E-state index contributed by atoms with van der Waals surface area (Å²) < 4.78 is 5.84. The average Bonchev–Trinajstić information content (AvgIpc) is 2.98. The number of ether oxygens (including phenoxy) is 1. The van der Waals surface area contributed by atoms with Crippen LogP contribution in [0.5, 0.6) is 11.5 Å². The Morgan fingerprint density at radius 1 is 1.00 bits per heavy atom. The quantitative estimate of drug-likeness (QED) is 0.339. The van der Waals surface area contributed by atoms with Gasteiger partial charge in [-0.05, 0) is 68.0 Å². The van der Waals surface area contributed by atoms with Crippen molar-refractivity contribution in [1.29, 1.82) is 0 Å². The lowest BCUT2D eigenvalue weighted by Crippen LogP contribution is -2.73. The zero-order valence-electron chi connectivity index (χ0n) is 24.9. The van der Waals surface area contributed by atoms with E-state index in [1.54, 1.807) is 12.1 Å². The number of carbonyl (C=O) groups excluding carboxylic acids is 2. The molecular weight excluding hydrogens is 570 g/mol. The second-order valence-corrected chi connectivity index (χ2v) is 12.2. The van der Waals surface area contributed by atoms with Crippen LogP contribution in [0.1, 0.15) is 87.1 Å². The predicted octanol–water partition coefficient (Wildman–Crippen LogP) is 5.15. The third kappa shape index (κ3) is 7.51. The molecule has 1 saturated carbocycles. The van der Waals surface area contributed by atoms with Crippen LogP contribution in [0, 0.1) is 0 Å². The van der Waals surface area contributed by atoms with Crippen LogP contribution in [-0.4, -0.2) is 74.6 Å². The molecule has 2 aromatic rings. The molecule has 234 valence electrons. The summed E-state index contributed by atoms with van der Waals surface area (Å²) in [5.74, 6) is -0.0291. The number of piperazine rings is 1. The molecule has 1 atom stereocenters. The molecule has 2 amide bonds. The molecule has 2 aliphatic heterocycles. The highest BCUT2D eigenvalue weighted by atomic mass is 35.5. The van der Waals surface area contributed by atoms with Crippen LogP contribution in [-0.2, 0) is 16.1 Å². The van der Waals surface area contributed by atoms with Crippen molar-refractivity contribution in [1.82, 2.24) is 15.1 Å². The van der Waals surface area contributed by atoms with Gasteiger partial charge in [0.1, 0.15) is 23.1 Å². The lowest BCUT2D eigenvalue weighted by atomic mass is 9.77. The first-order valence-corrected chi connectivity index (χ1v) is 15.4. The molecule has 9 nitrogen and oxygen atoms in total. The van der Waals surface area contributed by atoms with Crippen molar-refractivity contribution in [2.45, 2.75) is 94.9 Å². The fraction of sp³-hybridized carbons (Fsp3) is 0.545. The van der Waals surface area contributed by atoms with Gasteiger partial charge < -0.3 is 25.2 Å². The van der Waals surface area contributed by atoms with E-state index in [4.69, 9.17) is 4.74 Å². The number of nitrogens with one attached hydrogen (secondary N) is 1. The maximum Gasteiger partial charge on any atom is 0.335 e. The van der Waals surface area contributed by atoms with E-state index >= 15 is 0 Å². The third-order valence-electron chi connectivity index (χ3n) is 9.24. The number of halogens is 1. The number of carboxylic acid groups (broad SMARTS) is 1. The number of piperidine rings is 1. The van der Waals surface area contributed by atoms with E-state index in [0.717, 1.165) is 37.7 Å². The van der Waals surface area contributed by atoms with Crippen LogP contribution in [0.25, 0.3) is 0 Å². The van der Waals surface area contributed by atoms with Crippen molar-refractivity contribution in [2.75, 3.05) is 19.6 Å². The minimum absolute atomic E-state index is 0. The standard InChI is InChI=1S/C33H43N3O6.ClH/c1-2-3-18-36-29(37)28(22-32(41)14-5-4-6-15-32)34-31(40)33(36)16-19-35(20-17-33)23-24-10-12-26(13-11-24)42-27-9-7-8-25(21-27)30(38)39;/h7-13,21,28,41H,2-6,14-20,22-23H2,1H3,(H,34,40)(H,38,39);1H/t28-;/m1./s1. The number of hydrogen-bond acceptors (Lipinski definition) is 6. The van der Waals surface area contributed by atoms with Crippen molar-refractivity contribution in [3.8, 4) is 11.5 Å². The van der Waals surface area contributed by atoms with Crippen LogP contribution < -0.4 is 10.1 Å². The van der Waals surface area contributed by atoms with Gasteiger partial charge in [0.05, 0.1) is 11.2 Å². The van der Waals surface area contributed by atoms with Gasteiger partial charge in [0.2, 0.25) is 11.8 Å². The van der Waals surface area contributed by atoms with E-state index in [0.29, 0.717) is 69.8 Å². The van der Waals surface area contributed by atoms with Crippen molar-refractivity contribution in [3.05, 3.63) is 59.7 Å². The summed E-state index contributed by atoms with van der Waals surface area (Å²) in [6.07, 6.45) is 7.63. The molecule has 2 aromatic carbocycles. The molecule has 10 heteroatoms. The molecule has 0 radical (unpaired) electrons. The number of unbranched alkanes of at least 4 members (excludes halogenated alkanes) is 1. The number of benzene rings is 2. The molecule has 0 bridgehead atoms.